The van der Waals surface area contributed by atoms with Gasteiger partial charge in [-0.15, -0.1) is 0 Å². The summed E-state index contributed by atoms with van der Waals surface area (Å²) in [4.78, 5) is 34.7. The summed E-state index contributed by atoms with van der Waals surface area (Å²) >= 11 is 0. The minimum absolute atomic E-state index is 0.0759. The predicted molar refractivity (Wildman–Crippen MR) is 89.0 cm³/mol. The topological polar surface area (TPSA) is 117 Å². The molecule has 0 atom stereocenters. The van der Waals surface area contributed by atoms with E-state index in [2.05, 4.69) is 27.0 Å². The van der Waals surface area contributed by atoms with Crippen molar-refractivity contribution in [3.63, 3.8) is 0 Å². The number of phenolic OH excluding ortho intramolecular Hbond substituents is 1. The molecular formula is C16H18N4O4. The molecule has 0 aliphatic carbocycles. The zero-order valence-corrected chi connectivity index (χ0v) is 13.6. The van der Waals surface area contributed by atoms with Crippen LogP contribution in [0, 0.1) is 6.92 Å². The SMILES string of the molecule is C=Nc1c(O)cc(-c2nc(C)c(C(=O)OCC)[nH]2)cc1C(=O)NC. The molecule has 1 aromatic carbocycles. The van der Waals surface area contributed by atoms with Crippen molar-refractivity contribution < 1.29 is 19.4 Å². The third-order valence-electron chi connectivity index (χ3n) is 3.36. The van der Waals surface area contributed by atoms with Crippen molar-refractivity contribution in [1.82, 2.24) is 15.3 Å². The number of aromatic amines is 1. The Labute approximate surface area is 138 Å². The summed E-state index contributed by atoms with van der Waals surface area (Å²) in [5.41, 5.74) is 1.33. The van der Waals surface area contributed by atoms with E-state index >= 15 is 0 Å². The number of aromatic nitrogens is 2. The van der Waals surface area contributed by atoms with Crippen LogP contribution in [0.3, 0.4) is 0 Å². The third-order valence-corrected chi connectivity index (χ3v) is 3.36. The molecule has 2 rings (SSSR count). The molecule has 0 spiro atoms. The molecule has 1 amide bonds. The monoisotopic (exact) mass is 330 g/mol. The minimum Gasteiger partial charge on any atom is -0.506 e. The van der Waals surface area contributed by atoms with Crippen LogP contribution in [-0.4, -0.2) is 47.3 Å². The summed E-state index contributed by atoms with van der Waals surface area (Å²) in [6, 6.07) is 2.90. The van der Waals surface area contributed by atoms with E-state index in [4.69, 9.17) is 4.74 Å². The first-order valence-electron chi connectivity index (χ1n) is 7.22. The lowest BCUT2D eigenvalue weighted by atomic mass is 10.1. The molecule has 0 saturated carbocycles. The lowest BCUT2D eigenvalue weighted by Crippen LogP contribution is -2.18. The molecule has 0 fully saturated rings. The number of amides is 1. The number of rotatable bonds is 5. The van der Waals surface area contributed by atoms with E-state index in [9.17, 15) is 14.7 Å². The summed E-state index contributed by atoms with van der Waals surface area (Å²) in [5.74, 6) is -0.836. The van der Waals surface area contributed by atoms with Gasteiger partial charge in [0.25, 0.3) is 5.91 Å². The van der Waals surface area contributed by atoms with Gasteiger partial charge < -0.3 is 20.1 Å². The molecule has 0 bridgehead atoms. The van der Waals surface area contributed by atoms with E-state index < -0.39 is 11.9 Å². The highest BCUT2D eigenvalue weighted by Crippen LogP contribution is 2.35. The first kappa shape index (κ1) is 17.2. The molecule has 24 heavy (non-hydrogen) atoms. The zero-order chi connectivity index (χ0) is 17.9. The Morgan fingerprint density at radius 3 is 2.75 bits per heavy atom. The molecule has 0 aliphatic heterocycles. The molecule has 0 aliphatic rings. The van der Waals surface area contributed by atoms with Crippen molar-refractivity contribution in [2.24, 2.45) is 4.99 Å². The molecule has 0 radical (unpaired) electrons. The number of carbonyl (C=O) groups excluding carboxylic acids is 2. The number of hydrogen-bond acceptors (Lipinski definition) is 6. The summed E-state index contributed by atoms with van der Waals surface area (Å²) in [7, 11) is 1.47. The first-order chi connectivity index (χ1) is 11.4. The fourth-order valence-corrected chi connectivity index (χ4v) is 2.23. The number of ether oxygens (including phenoxy) is 1. The number of imidazole rings is 1. The van der Waals surface area contributed by atoms with E-state index in [0.717, 1.165) is 0 Å². The van der Waals surface area contributed by atoms with Gasteiger partial charge in [0, 0.05) is 12.6 Å². The van der Waals surface area contributed by atoms with Crippen molar-refractivity contribution in [3.05, 3.63) is 29.1 Å². The lowest BCUT2D eigenvalue weighted by Gasteiger charge is -2.08. The average molecular weight is 330 g/mol. The van der Waals surface area contributed by atoms with E-state index in [-0.39, 0.29) is 29.3 Å². The molecule has 3 N–H and O–H groups in total. The van der Waals surface area contributed by atoms with Crippen LogP contribution in [0.15, 0.2) is 17.1 Å². The Morgan fingerprint density at radius 2 is 2.17 bits per heavy atom. The van der Waals surface area contributed by atoms with Crippen LogP contribution >= 0.6 is 0 Å². The average Bonchev–Trinajstić information content (AvgIpc) is 2.95. The quantitative estimate of drug-likeness (QED) is 0.572. The first-order valence-corrected chi connectivity index (χ1v) is 7.22. The van der Waals surface area contributed by atoms with Crippen molar-refractivity contribution in [2.45, 2.75) is 13.8 Å². The number of aliphatic imine (C=N–C) groups is 1. The van der Waals surface area contributed by atoms with Crippen LogP contribution in [0.2, 0.25) is 0 Å². The van der Waals surface area contributed by atoms with Gasteiger partial charge in [-0.2, -0.15) is 0 Å². The summed E-state index contributed by atoms with van der Waals surface area (Å²) < 4.78 is 4.95. The van der Waals surface area contributed by atoms with E-state index in [0.29, 0.717) is 17.1 Å². The van der Waals surface area contributed by atoms with Gasteiger partial charge >= 0.3 is 5.97 Å². The van der Waals surface area contributed by atoms with Gasteiger partial charge in [0.15, 0.2) is 0 Å². The second-order valence-corrected chi connectivity index (χ2v) is 4.90. The van der Waals surface area contributed by atoms with Gasteiger partial charge in [-0.25, -0.2) is 9.78 Å². The van der Waals surface area contributed by atoms with Crippen molar-refractivity contribution in [2.75, 3.05) is 13.7 Å². The van der Waals surface area contributed by atoms with E-state index in [1.807, 2.05) is 0 Å². The van der Waals surface area contributed by atoms with Crippen LogP contribution in [-0.2, 0) is 4.74 Å². The molecule has 126 valence electrons. The Hall–Kier alpha value is -3.16. The van der Waals surface area contributed by atoms with Gasteiger partial charge in [0.1, 0.15) is 23.0 Å². The fourth-order valence-electron chi connectivity index (χ4n) is 2.23. The largest absolute Gasteiger partial charge is 0.506 e. The Balaban J connectivity index is 2.55. The zero-order valence-electron chi connectivity index (χ0n) is 13.6. The summed E-state index contributed by atoms with van der Waals surface area (Å²) in [5, 5.41) is 12.6. The molecule has 8 nitrogen and oxygen atoms in total. The van der Waals surface area contributed by atoms with Crippen LogP contribution in [0.4, 0.5) is 5.69 Å². The number of phenols is 1. The van der Waals surface area contributed by atoms with Gasteiger partial charge in [-0.1, -0.05) is 0 Å². The number of esters is 1. The number of benzene rings is 1. The highest BCUT2D eigenvalue weighted by molar-refractivity contribution is 6.01. The highest BCUT2D eigenvalue weighted by atomic mass is 16.5. The maximum Gasteiger partial charge on any atom is 0.356 e. The maximum absolute atomic E-state index is 12.0. The third kappa shape index (κ3) is 3.12. The molecule has 2 aromatic rings. The van der Waals surface area contributed by atoms with Crippen molar-refractivity contribution in [1.29, 1.82) is 0 Å². The number of nitrogens with one attached hydrogen (secondary N) is 2. The second kappa shape index (κ2) is 6.95. The van der Waals surface area contributed by atoms with Gasteiger partial charge in [-0.3, -0.25) is 9.79 Å². The normalized spacial score (nSPS) is 10.3. The van der Waals surface area contributed by atoms with Crippen molar-refractivity contribution >= 4 is 24.3 Å². The number of carbonyl (C=O) groups is 2. The fraction of sp³-hybridized carbons (Fsp3) is 0.250. The van der Waals surface area contributed by atoms with Gasteiger partial charge in [-0.05, 0) is 32.7 Å². The molecule has 1 heterocycles. The Kier molecular flexibility index (Phi) is 4.98. The second-order valence-electron chi connectivity index (χ2n) is 4.90. The van der Waals surface area contributed by atoms with E-state index in [1.54, 1.807) is 13.8 Å². The van der Waals surface area contributed by atoms with E-state index in [1.165, 1.54) is 19.2 Å². The molecule has 0 saturated heterocycles. The summed E-state index contributed by atoms with van der Waals surface area (Å²) in [6.45, 7) is 6.97. The van der Waals surface area contributed by atoms with Gasteiger partial charge in [0.2, 0.25) is 0 Å². The van der Waals surface area contributed by atoms with Crippen LogP contribution in [0.25, 0.3) is 11.4 Å². The predicted octanol–water partition coefficient (Wildman–Crippen LogP) is 1.96. The standard InChI is InChI=1S/C16H18N4O4/c1-5-24-16(23)12-8(2)19-14(20-12)9-6-10(15(22)18-4)13(17-3)11(21)7-9/h6-7,21H,3,5H2,1-2,4H3,(H,18,22)(H,19,20). The number of nitrogens with zero attached hydrogens (tertiary/aromatic N) is 2. The van der Waals surface area contributed by atoms with Crippen molar-refractivity contribution in [3.8, 4) is 17.1 Å². The Morgan fingerprint density at radius 1 is 1.46 bits per heavy atom. The molecule has 1 aromatic heterocycles. The lowest BCUT2D eigenvalue weighted by molar-refractivity contribution is 0.0519. The van der Waals surface area contributed by atoms with Gasteiger partial charge in [0.05, 0.1) is 17.9 Å². The number of H-pyrrole nitrogens is 1. The van der Waals surface area contributed by atoms with Crippen LogP contribution in [0.5, 0.6) is 5.75 Å². The molecule has 0 unspecified atom stereocenters. The highest BCUT2D eigenvalue weighted by Gasteiger charge is 2.20. The van der Waals surface area contributed by atoms with Crippen LogP contribution in [0.1, 0.15) is 33.5 Å². The van der Waals surface area contributed by atoms with Crippen LogP contribution < -0.4 is 5.32 Å². The smallest absolute Gasteiger partial charge is 0.356 e. The number of aromatic hydroxyl groups is 1. The maximum atomic E-state index is 12.0. The molecular weight excluding hydrogens is 312 g/mol. The molecule has 8 heteroatoms. The number of aryl methyl sites for hydroxylation is 1. The minimum atomic E-state index is -0.520. The Bertz CT molecular complexity index is 811. The number of hydrogen-bond donors (Lipinski definition) is 3. The summed E-state index contributed by atoms with van der Waals surface area (Å²) in [6.07, 6.45) is 0.